The van der Waals surface area contributed by atoms with Gasteiger partial charge >= 0.3 is 0 Å². The molecule has 1 aliphatic rings. The van der Waals surface area contributed by atoms with Crippen molar-refractivity contribution in [3.63, 3.8) is 0 Å². The van der Waals surface area contributed by atoms with Crippen molar-refractivity contribution in [3.05, 3.63) is 35.4 Å². The van der Waals surface area contributed by atoms with Gasteiger partial charge in [0.25, 0.3) is 0 Å². The third kappa shape index (κ3) is 3.56. The molecule has 1 unspecified atom stereocenters. The normalized spacial score (nSPS) is 20.6. The summed E-state index contributed by atoms with van der Waals surface area (Å²) < 4.78 is 0. The topological polar surface area (TPSA) is 39.1 Å². The summed E-state index contributed by atoms with van der Waals surface area (Å²) in [4.78, 5) is 2.50. The molecule has 1 fully saturated rings. The maximum absolute atomic E-state index is 8.91. The zero-order chi connectivity index (χ0) is 12.8. The zero-order valence-electron chi connectivity index (χ0n) is 11.0. The first-order valence-electron chi connectivity index (χ1n) is 6.68. The van der Waals surface area contributed by atoms with Crippen LogP contribution in [-0.2, 0) is 6.54 Å². The van der Waals surface area contributed by atoms with Gasteiger partial charge in [0, 0.05) is 13.1 Å². The highest BCUT2D eigenvalue weighted by Gasteiger charge is 2.19. The number of rotatable bonds is 4. The van der Waals surface area contributed by atoms with Crippen molar-refractivity contribution < 1.29 is 0 Å². The summed E-state index contributed by atoms with van der Waals surface area (Å²) in [5, 5.41) is 12.2. The van der Waals surface area contributed by atoms with Gasteiger partial charge < -0.3 is 5.32 Å². The smallest absolute Gasteiger partial charge is 0.0991 e. The van der Waals surface area contributed by atoms with E-state index in [1.54, 1.807) is 0 Å². The SMILES string of the molecule is CNCC1CCCN(Cc2cccc(C#N)c2)C1. The highest BCUT2D eigenvalue weighted by atomic mass is 15.1. The summed E-state index contributed by atoms with van der Waals surface area (Å²) in [5.41, 5.74) is 2.01. The van der Waals surface area contributed by atoms with Gasteiger partial charge in [-0.3, -0.25) is 4.90 Å². The van der Waals surface area contributed by atoms with Crippen LogP contribution < -0.4 is 5.32 Å². The van der Waals surface area contributed by atoms with E-state index in [9.17, 15) is 0 Å². The molecule has 3 heteroatoms. The second-order valence-electron chi connectivity index (χ2n) is 5.11. The molecule has 0 spiro atoms. The van der Waals surface area contributed by atoms with E-state index >= 15 is 0 Å². The van der Waals surface area contributed by atoms with Crippen LogP contribution in [0.4, 0.5) is 0 Å². The molecule has 0 aromatic heterocycles. The maximum atomic E-state index is 8.91. The molecule has 0 amide bonds. The Morgan fingerprint density at radius 3 is 3.17 bits per heavy atom. The van der Waals surface area contributed by atoms with E-state index in [1.807, 2.05) is 25.2 Å². The van der Waals surface area contributed by atoms with Crippen molar-refractivity contribution in [3.8, 4) is 6.07 Å². The van der Waals surface area contributed by atoms with Crippen LogP contribution in [0.15, 0.2) is 24.3 Å². The first-order valence-corrected chi connectivity index (χ1v) is 6.68. The molecule has 2 rings (SSSR count). The van der Waals surface area contributed by atoms with Gasteiger partial charge in [-0.1, -0.05) is 12.1 Å². The van der Waals surface area contributed by atoms with Crippen LogP contribution in [0.25, 0.3) is 0 Å². The zero-order valence-corrected chi connectivity index (χ0v) is 11.0. The largest absolute Gasteiger partial charge is 0.319 e. The predicted octanol–water partition coefficient (Wildman–Crippen LogP) is 1.99. The van der Waals surface area contributed by atoms with E-state index in [1.165, 1.54) is 24.9 Å². The fraction of sp³-hybridized carbons (Fsp3) is 0.533. The van der Waals surface area contributed by atoms with Gasteiger partial charge in [-0.15, -0.1) is 0 Å². The van der Waals surface area contributed by atoms with Gasteiger partial charge in [0.15, 0.2) is 0 Å². The summed E-state index contributed by atoms with van der Waals surface area (Å²) in [6.45, 7) is 4.42. The van der Waals surface area contributed by atoms with Crippen molar-refractivity contribution >= 4 is 0 Å². The van der Waals surface area contributed by atoms with Gasteiger partial charge in [0.1, 0.15) is 0 Å². The van der Waals surface area contributed by atoms with E-state index in [-0.39, 0.29) is 0 Å². The van der Waals surface area contributed by atoms with E-state index in [0.29, 0.717) is 0 Å². The molecule has 1 aromatic carbocycles. The number of hydrogen-bond acceptors (Lipinski definition) is 3. The van der Waals surface area contributed by atoms with E-state index in [4.69, 9.17) is 5.26 Å². The number of hydrogen-bond donors (Lipinski definition) is 1. The molecule has 96 valence electrons. The molecular weight excluding hydrogens is 222 g/mol. The molecule has 3 nitrogen and oxygen atoms in total. The molecular formula is C15H21N3. The first-order chi connectivity index (χ1) is 8.81. The van der Waals surface area contributed by atoms with Crippen molar-refractivity contribution in [2.24, 2.45) is 5.92 Å². The quantitative estimate of drug-likeness (QED) is 0.879. The highest BCUT2D eigenvalue weighted by Crippen LogP contribution is 2.18. The predicted molar refractivity (Wildman–Crippen MR) is 73.1 cm³/mol. The Kier molecular flexibility index (Phi) is 4.74. The summed E-state index contributed by atoms with van der Waals surface area (Å²) in [6, 6.07) is 10.2. The molecule has 0 bridgehead atoms. The Morgan fingerprint density at radius 2 is 2.39 bits per heavy atom. The van der Waals surface area contributed by atoms with Crippen molar-refractivity contribution in [1.82, 2.24) is 10.2 Å². The second-order valence-corrected chi connectivity index (χ2v) is 5.11. The fourth-order valence-corrected chi connectivity index (χ4v) is 2.75. The summed E-state index contributed by atoms with van der Waals surface area (Å²) >= 11 is 0. The van der Waals surface area contributed by atoms with Gasteiger partial charge in [-0.25, -0.2) is 0 Å². The second kappa shape index (κ2) is 6.53. The van der Waals surface area contributed by atoms with Gasteiger partial charge in [0.05, 0.1) is 11.6 Å². The van der Waals surface area contributed by atoms with Crippen LogP contribution in [0.5, 0.6) is 0 Å². The Labute approximate surface area is 109 Å². The van der Waals surface area contributed by atoms with Gasteiger partial charge in [0.2, 0.25) is 0 Å². The lowest BCUT2D eigenvalue weighted by Crippen LogP contribution is -2.38. The molecule has 1 aromatic rings. The molecule has 1 atom stereocenters. The minimum atomic E-state index is 0.760. The Bertz CT molecular complexity index is 420. The number of piperidine rings is 1. The van der Waals surface area contributed by atoms with Crippen molar-refractivity contribution in [2.45, 2.75) is 19.4 Å². The number of likely N-dealkylation sites (tertiary alicyclic amines) is 1. The average Bonchev–Trinajstić information content (AvgIpc) is 2.40. The lowest BCUT2D eigenvalue weighted by molar-refractivity contribution is 0.167. The van der Waals surface area contributed by atoms with Crippen molar-refractivity contribution in [1.29, 1.82) is 5.26 Å². The van der Waals surface area contributed by atoms with Crippen LogP contribution in [0.2, 0.25) is 0 Å². The summed E-state index contributed by atoms with van der Waals surface area (Å²) in [7, 11) is 2.02. The molecule has 0 radical (unpaired) electrons. The van der Waals surface area contributed by atoms with Crippen LogP contribution in [0, 0.1) is 17.2 Å². The number of nitrogens with zero attached hydrogens (tertiary/aromatic N) is 2. The molecule has 0 saturated carbocycles. The van der Waals surface area contributed by atoms with Crippen LogP contribution in [-0.4, -0.2) is 31.6 Å². The fourth-order valence-electron chi connectivity index (χ4n) is 2.75. The first kappa shape index (κ1) is 13.1. The highest BCUT2D eigenvalue weighted by molar-refractivity contribution is 5.32. The Morgan fingerprint density at radius 1 is 1.50 bits per heavy atom. The van der Waals surface area contributed by atoms with Crippen LogP contribution >= 0.6 is 0 Å². The molecule has 0 aliphatic carbocycles. The molecule has 1 aliphatic heterocycles. The minimum Gasteiger partial charge on any atom is -0.319 e. The van der Waals surface area contributed by atoms with Crippen molar-refractivity contribution in [2.75, 3.05) is 26.7 Å². The number of nitriles is 1. The third-order valence-corrected chi connectivity index (χ3v) is 3.56. The Balaban J connectivity index is 1.94. The maximum Gasteiger partial charge on any atom is 0.0991 e. The molecule has 1 heterocycles. The lowest BCUT2D eigenvalue weighted by atomic mass is 9.97. The van der Waals surface area contributed by atoms with Crippen LogP contribution in [0.3, 0.4) is 0 Å². The van der Waals surface area contributed by atoms with E-state index < -0.39 is 0 Å². The van der Waals surface area contributed by atoms with Gasteiger partial charge in [-0.2, -0.15) is 5.26 Å². The summed E-state index contributed by atoms with van der Waals surface area (Å²) in [6.07, 6.45) is 2.61. The standard InChI is InChI=1S/C15H21N3/c1-17-10-15-6-3-7-18(12-15)11-14-5-2-4-13(8-14)9-16/h2,4-5,8,15,17H,3,6-7,10-12H2,1H3. The van der Waals surface area contributed by atoms with Gasteiger partial charge in [-0.05, 0) is 56.6 Å². The molecule has 1 N–H and O–H groups in total. The number of benzene rings is 1. The van der Waals surface area contributed by atoms with E-state index in [2.05, 4.69) is 22.4 Å². The number of nitrogens with one attached hydrogen (secondary N) is 1. The minimum absolute atomic E-state index is 0.760. The third-order valence-electron chi connectivity index (χ3n) is 3.56. The Hall–Kier alpha value is -1.37. The molecule has 18 heavy (non-hydrogen) atoms. The monoisotopic (exact) mass is 243 g/mol. The molecule has 1 saturated heterocycles. The van der Waals surface area contributed by atoms with E-state index in [0.717, 1.165) is 31.1 Å². The lowest BCUT2D eigenvalue weighted by Gasteiger charge is -2.32. The average molecular weight is 243 g/mol. The summed E-state index contributed by atoms with van der Waals surface area (Å²) in [5.74, 6) is 0.767. The van der Waals surface area contributed by atoms with Crippen LogP contribution in [0.1, 0.15) is 24.0 Å².